The maximum absolute atomic E-state index is 11.3. The molecule has 1 aliphatic heterocycles. The van der Waals surface area contributed by atoms with E-state index in [0.29, 0.717) is 19.6 Å². The minimum atomic E-state index is -0.795. The van der Waals surface area contributed by atoms with Gasteiger partial charge in [0.2, 0.25) is 5.91 Å². The minimum absolute atomic E-state index is 0.0628. The summed E-state index contributed by atoms with van der Waals surface area (Å²) in [6.07, 6.45) is 0. The number of carboxylic acids is 1. The van der Waals surface area contributed by atoms with Gasteiger partial charge in [-0.25, -0.2) is 0 Å². The van der Waals surface area contributed by atoms with E-state index in [9.17, 15) is 14.7 Å². The lowest BCUT2D eigenvalue weighted by Crippen LogP contribution is -2.40. The van der Waals surface area contributed by atoms with Crippen LogP contribution in [0, 0.1) is 0 Å². The second kappa shape index (κ2) is 5.84. The third kappa shape index (κ3) is 3.32. The van der Waals surface area contributed by atoms with Crippen LogP contribution in [0.3, 0.4) is 0 Å². The lowest BCUT2D eigenvalue weighted by molar-refractivity contribution is -0.139. The van der Waals surface area contributed by atoms with Crippen LogP contribution in [0.5, 0.6) is 0 Å². The maximum Gasteiger partial charge on any atom is 0.312 e. The Morgan fingerprint density at radius 1 is 1.42 bits per heavy atom. The molecule has 1 aromatic carbocycles. The van der Waals surface area contributed by atoms with Crippen molar-refractivity contribution >= 4 is 11.9 Å². The third-order valence-electron chi connectivity index (χ3n) is 3.37. The summed E-state index contributed by atoms with van der Waals surface area (Å²) in [4.78, 5) is 24.2. The summed E-state index contributed by atoms with van der Waals surface area (Å²) in [5, 5.41) is 12.1. The molecule has 0 radical (unpaired) electrons. The van der Waals surface area contributed by atoms with Gasteiger partial charge >= 0.3 is 5.97 Å². The smallest absolute Gasteiger partial charge is 0.312 e. The van der Waals surface area contributed by atoms with E-state index in [2.05, 4.69) is 10.2 Å². The number of aliphatic carboxylic acids is 1. The molecular weight excluding hydrogens is 244 g/mol. The first-order valence-corrected chi connectivity index (χ1v) is 6.35. The van der Waals surface area contributed by atoms with Crippen LogP contribution in [0.4, 0.5) is 0 Å². The lowest BCUT2D eigenvalue weighted by atomic mass is 9.90. The van der Waals surface area contributed by atoms with Gasteiger partial charge in [-0.15, -0.1) is 0 Å². The first-order chi connectivity index (χ1) is 9.08. The predicted octanol–water partition coefficient (Wildman–Crippen LogP) is 0.806. The molecule has 102 valence electrons. The zero-order valence-electron chi connectivity index (χ0n) is 10.9. The molecule has 0 spiro atoms. The van der Waals surface area contributed by atoms with Crippen LogP contribution in [0.1, 0.15) is 24.0 Å². The number of fused-ring (bicyclic) bond motifs is 1. The van der Waals surface area contributed by atoms with Gasteiger partial charge in [-0.2, -0.15) is 0 Å². The molecule has 2 rings (SSSR count). The highest BCUT2D eigenvalue weighted by Crippen LogP contribution is 2.28. The molecule has 2 N–H and O–H groups in total. The van der Waals surface area contributed by atoms with Crippen LogP contribution in [-0.2, 0) is 16.1 Å². The Bertz CT molecular complexity index is 487. The fourth-order valence-electron chi connectivity index (χ4n) is 2.45. The summed E-state index contributed by atoms with van der Waals surface area (Å²) in [6.45, 7) is 3.92. The Morgan fingerprint density at radius 3 is 2.84 bits per heavy atom. The fraction of sp³-hybridized carbons (Fsp3) is 0.429. The van der Waals surface area contributed by atoms with E-state index in [1.54, 1.807) is 0 Å². The Balaban J connectivity index is 2.07. The largest absolute Gasteiger partial charge is 0.481 e. The summed E-state index contributed by atoms with van der Waals surface area (Å²) in [5.74, 6) is -1.34. The third-order valence-corrected chi connectivity index (χ3v) is 3.37. The van der Waals surface area contributed by atoms with Crippen molar-refractivity contribution in [3.63, 3.8) is 0 Å². The molecule has 1 aromatic rings. The average molecular weight is 262 g/mol. The fourth-order valence-corrected chi connectivity index (χ4v) is 2.45. The molecular formula is C14H18N2O3. The van der Waals surface area contributed by atoms with Gasteiger partial charge < -0.3 is 10.4 Å². The highest BCUT2D eigenvalue weighted by molar-refractivity contribution is 5.77. The van der Waals surface area contributed by atoms with Gasteiger partial charge in [0.15, 0.2) is 0 Å². The Kier molecular flexibility index (Phi) is 4.16. The number of amides is 1. The first-order valence-electron chi connectivity index (χ1n) is 6.35. The summed E-state index contributed by atoms with van der Waals surface area (Å²) in [6, 6.07) is 7.66. The molecule has 5 nitrogen and oxygen atoms in total. The van der Waals surface area contributed by atoms with Crippen LogP contribution in [0.2, 0.25) is 0 Å². The number of rotatable bonds is 4. The van der Waals surface area contributed by atoms with Gasteiger partial charge in [-0.3, -0.25) is 14.5 Å². The van der Waals surface area contributed by atoms with Crippen molar-refractivity contribution < 1.29 is 14.7 Å². The minimum Gasteiger partial charge on any atom is -0.481 e. The number of hydrogen-bond donors (Lipinski definition) is 2. The van der Waals surface area contributed by atoms with Gasteiger partial charge in [0.05, 0.1) is 5.92 Å². The molecule has 1 aliphatic rings. The van der Waals surface area contributed by atoms with Crippen molar-refractivity contribution in [2.24, 2.45) is 0 Å². The molecule has 0 saturated heterocycles. The normalized spacial score (nSPS) is 18.7. The molecule has 1 unspecified atom stereocenters. The topological polar surface area (TPSA) is 69.6 Å². The number of carboxylic acid groups (broad SMARTS) is 1. The molecule has 0 saturated carbocycles. The van der Waals surface area contributed by atoms with Gasteiger partial charge in [0.1, 0.15) is 0 Å². The van der Waals surface area contributed by atoms with Crippen LogP contribution in [0.25, 0.3) is 0 Å². The first kappa shape index (κ1) is 13.5. The van der Waals surface area contributed by atoms with E-state index in [1.165, 1.54) is 6.92 Å². The van der Waals surface area contributed by atoms with Gasteiger partial charge in [-0.1, -0.05) is 24.3 Å². The monoisotopic (exact) mass is 262 g/mol. The Labute approximate surface area is 112 Å². The Hall–Kier alpha value is -1.88. The van der Waals surface area contributed by atoms with E-state index < -0.39 is 11.9 Å². The highest BCUT2D eigenvalue weighted by Gasteiger charge is 2.29. The van der Waals surface area contributed by atoms with E-state index in [1.807, 2.05) is 24.3 Å². The van der Waals surface area contributed by atoms with Gasteiger partial charge in [-0.05, 0) is 11.1 Å². The number of carbonyl (C=O) groups excluding carboxylic acids is 1. The molecule has 0 aromatic heterocycles. The van der Waals surface area contributed by atoms with Crippen molar-refractivity contribution in [3.05, 3.63) is 35.4 Å². The molecule has 1 amide bonds. The average Bonchev–Trinajstić information content (AvgIpc) is 2.37. The standard InChI is InChI=1S/C14H18N2O3/c1-10(17)15-6-7-16-8-11-4-2-3-5-12(11)13(9-16)14(18)19/h2-5,13H,6-9H2,1H3,(H,15,17)(H,18,19). The van der Waals surface area contributed by atoms with Crippen LogP contribution >= 0.6 is 0 Å². The van der Waals surface area contributed by atoms with E-state index in [4.69, 9.17) is 0 Å². The molecule has 19 heavy (non-hydrogen) atoms. The number of carbonyl (C=O) groups is 2. The molecule has 0 fully saturated rings. The number of hydrogen-bond acceptors (Lipinski definition) is 3. The molecule has 0 bridgehead atoms. The Morgan fingerprint density at radius 2 is 2.16 bits per heavy atom. The zero-order valence-corrected chi connectivity index (χ0v) is 10.9. The number of benzene rings is 1. The second-order valence-corrected chi connectivity index (χ2v) is 4.81. The van der Waals surface area contributed by atoms with E-state index in [-0.39, 0.29) is 5.91 Å². The summed E-state index contributed by atoms with van der Waals surface area (Å²) in [5.41, 5.74) is 1.97. The van der Waals surface area contributed by atoms with Crippen molar-refractivity contribution in [1.82, 2.24) is 10.2 Å². The molecule has 1 heterocycles. The zero-order chi connectivity index (χ0) is 13.8. The van der Waals surface area contributed by atoms with Crippen molar-refractivity contribution in [1.29, 1.82) is 0 Å². The van der Waals surface area contributed by atoms with E-state index in [0.717, 1.165) is 17.7 Å². The van der Waals surface area contributed by atoms with Crippen molar-refractivity contribution in [3.8, 4) is 0 Å². The quantitative estimate of drug-likeness (QED) is 0.842. The van der Waals surface area contributed by atoms with Crippen LogP contribution < -0.4 is 5.32 Å². The summed E-state index contributed by atoms with van der Waals surface area (Å²) in [7, 11) is 0. The summed E-state index contributed by atoms with van der Waals surface area (Å²) >= 11 is 0. The van der Waals surface area contributed by atoms with Crippen LogP contribution in [0.15, 0.2) is 24.3 Å². The van der Waals surface area contributed by atoms with Gasteiger partial charge in [0, 0.05) is 33.1 Å². The second-order valence-electron chi connectivity index (χ2n) is 4.81. The number of nitrogens with one attached hydrogen (secondary N) is 1. The summed E-state index contributed by atoms with van der Waals surface area (Å²) < 4.78 is 0. The maximum atomic E-state index is 11.3. The lowest BCUT2D eigenvalue weighted by Gasteiger charge is -2.32. The van der Waals surface area contributed by atoms with Crippen molar-refractivity contribution in [2.45, 2.75) is 19.4 Å². The molecule has 5 heteroatoms. The highest BCUT2D eigenvalue weighted by atomic mass is 16.4. The number of nitrogens with zero attached hydrogens (tertiary/aromatic N) is 1. The van der Waals surface area contributed by atoms with E-state index >= 15 is 0 Å². The van der Waals surface area contributed by atoms with Gasteiger partial charge in [0.25, 0.3) is 0 Å². The molecule has 1 atom stereocenters. The molecule has 0 aliphatic carbocycles. The predicted molar refractivity (Wildman–Crippen MR) is 70.8 cm³/mol. The van der Waals surface area contributed by atoms with Crippen molar-refractivity contribution in [2.75, 3.05) is 19.6 Å². The SMILES string of the molecule is CC(=O)NCCN1Cc2ccccc2C(C(=O)O)C1. The van der Waals surface area contributed by atoms with Crippen LogP contribution in [-0.4, -0.2) is 41.5 Å².